The summed E-state index contributed by atoms with van der Waals surface area (Å²) in [5.74, 6) is 1.66. The molecule has 4 nitrogen and oxygen atoms in total. The lowest BCUT2D eigenvalue weighted by Gasteiger charge is -2.20. The summed E-state index contributed by atoms with van der Waals surface area (Å²) in [6.45, 7) is 0. The predicted octanol–water partition coefficient (Wildman–Crippen LogP) is 2.06. The molecule has 0 bridgehead atoms. The first-order valence-electron chi connectivity index (χ1n) is 5.67. The van der Waals surface area contributed by atoms with Crippen LogP contribution in [0.4, 0.5) is 11.8 Å². The maximum Gasteiger partial charge on any atom is 0.226 e. The monoisotopic (exact) mass is 218 g/mol. The maximum atomic E-state index is 4.45. The molecule has 0 saturated carbocycles. The largest absolute Gasteiger partial charge is 0.367 e. The molecule has 0 saturated heterocycles. The van der Waals surface area contributed by atoms with E-state index in [1.807, 2.05) is 25.1 Å². The van der Waals surface area contributed by atoms with Crippen LogP contribution in [0.15, 0.2) is 24.4 Å². The van der Waals surface area contributed by atoms with Gasteiger partial charge in [-0.2, -0.15) is 4.98 Å². The van der Waals surface area contributed by atoms with Crippen LogP contribution in [0.2, 0.25) is 0 Å². The minimum Gasteiger partial charge on any atom is -0.367 e. The molecule has 0 amide bonds. The molecule has 4 heteroatoms. The Morgan fingerprint density at radius 2 is 2.25 bits per heavy atom. The van der Waals surface area contributed by atoms with Gasteiger partial charge in [-0.1, -0.05) is 12.2 Å². The molecule has 1 atom stereocenters. The highest BCUT2D eigenvalue weighted by molar-refractivity contribution is 5.41. The second-order valence-electron chi connectivity index (χ2n) is 4.26. The fraction of sp³-hybridized carbons (Fsp3) is 0.500. The maximum absolute atomic E-state index is 4.45. The molecule has 0 fully saturated rings. The van der Waals surface area contributed by atoms with Crippen LogP contribution in [0.1, 0.15) is 19.3 Å². The highest BCUT2D eigenvalue weighted by Crippen LogP contribution is 2.16. The highest BCUT2D eigenvalue weighted by atomic mass is 15.2. The van der Waals surface area contributed by atoms with Gasteiger partial charge in [-0.15, -0.1) is 0 Å². The van der Waals surface area contributed by atoms with E-state index in [4.69, 9.17) is 0 Å². The molecule has 1 unspecified atom stereocenters. The number of hydrogen-bond donors (Lipinski definition) is 1. The second-order valence-corrected chi connectivity index (χ2v) is 4.26. The third kappa shape index (κ3) is 2.72. The van der Waals surface area contributed by atoms with E-state index in [0.29, 0.717) is 6.04 Å². The van der Waals surface area contributed by atoms with E-state index in [-0.39, 0.29) is 0 Å². The van der Waals surface area contributed by atoms with Gasteiger partial charge < -0.3 is 10.2 Å². The smallest absolute Gasteiger partial charge is 0.226 e. The summed E-state index contributed by atoms with van der Waals surface area (Å²) in [5, 5.41) is 3.45. The van der Waals surface area contributed by atoms with Crippen LogP contribution in [0.3, 0.4) is 0 Å². The third-order valence-electron chi connectivity index (χ3n) is 2.66. The van der Waals surface area contributed by atoms with Gasteiger partial charge in [-0.05, 0) is 25.3 Å². The van der Waals surface area contributed by atoms with Gasteiger partial charge in [-0.25, -0.2) is 4.98 Å². The average molecular weight is 218 g/mol. The molecular weight excluding hydrogens is 200 g/mol. The van der Waals surface area contributed by atoms with Crippen LogP contribution in [0.5, 0.6) is 0 Å². The van der Waals surface area contributed by atoms with Gasteiger partial charge in [0.15, 0.2) is 0 Å². The summed E-state index contributed by atoms with van der Waals surface area (Å²) in [6, 6.07) is 2.43. The molecule has 1 aromatic rings. The quantitative estimate of drug-likeness (QED) is 0.788. The zero-order valence-corrected chi connectivity index (χ0v) is 9.85. The summed E-state index contributed by atoms with van der Waals surface area (Å²) in [7, 11) is 3.89. The van der Waals surface area contributed by atoms with Gasteiger partial charge >= 0.3 is 0 Å². The Balaban J connectivity index is 2.03. The van der Waals surface area contributed by atoms with E-state index in [0.717, 1.165) is 24.6 Å². The molecule has 1 aromatic heterocycles. The standard InChI is InChI=1S/C12H18N4/c1-16(2)12-13-9-8-11(15-12)14-10-6-4-3-5-7-10/h3-4,8-10H,5-7H2,1-2H3,(H,13,14,15). The summed E-state index contributed by atoms with van der Waals surface area (Å²) in [6.07, 6.45) is 9.68. The molecule has 86 valence electrons. The van der Waals surface area contributed by atoms with Crippen molar-refractivity contribution in [2.45, 2.75) is 25.3 Å². The van der Waals surface area contributed by atoms with Crippen molar-refractivity contribution in [3.8, 4) is 0 Å². The molecule has 16 heavy (non-hydrogen) atoms. The van der Waals surface area contributed by atoms with Gasteiger partial charge in [0.2, 0.25) is 5.95 Å². The molecule has 0 spiro atoms. The average Bonchev–Trinajstić information content (AvgIpc) is 2.30. The fourth-order valence-electron chi connectivity index (χ4n) is 1.78. The minimum atomic E-state index is 0.509. The Morgan fingerprint density at radius 3 is 2.94 bits per heavy atom. The molecule has 1 N–H and O–H groups in total. The summed E-state index contributed by atoms with van der Waals surface area (Å²) < 4.78 is 0. The summed E-state index contributed by atoms with van der Waals surface area (Å²) in [5.41, 5.74) is 0. The molecule has 0 aliphatic heterocycles. The van der Waals surface area contributed by atoms with Crippen LogP contribution in [0, 0.1) is 0 Å². The number of anilines is 2. The van der Waals surface area contributed by atoms with E-state index in [9.17, 15) is 0 Å². The number of nitrogens with one attached hydrogen (secondary N) is 1. The van der Waals surface area contributed by atoms with E-state index in [2.05, 4.69) is 27.4 Å². The van der Waals surface area contributed by atoms with E-state index < -0.39 is 0 Å². The molecule has 0 radical (unpaired) electrons. The molecule has 2 rings (SSSR count). The molecule has 1 aliphatic rings. The van der Waals surface area contributed by atoms with Crippen molar-refractivity contribution in [3.63, 3.8) is 0 Å². The normalized spacial score (nSPS) is 19.5. The van der Waals surface area contributed by atoms with E-state index in [1.54, 1.807) is 6.20 Å². The Labute approximate surface area is 96.4 Å². The van der Waals surface area contributed by atoms with Gasteiger partial charge in [-0.3, -0.25) is 0 Å². The van der Waals surface area contributed by atoms with E-state index in [1.165, 1.54) is 6.42 Å². The van der Waals surface area contributed by atoms with Gasteiger partial charge in [0.05, 0.1) is 0 Å². The van der Waals surface area contributed by atoms with Crippen molar-refractivity contribution in [2.24, 2.45) is 0 Å². The molecule has 1 aliphatic carbocycles. The Bertz CT molecular complexity index is 373. The van der Waals surface area contributed by atoms with E-state index >= 15 is 0 Å². The molecule has 1 heterocycles. The number of rotatable bonds is 3. The Morgan fingerprint density at radius 1 is 1.38 bits per heavy atom. The lowest BCUT2D eigenvalue weighted by molar-refractivity contribution is 0.642. The Hall–Kier alpha value is -1.58. The number of aromatic nitrogens is 2. The molecular formula is C12H18N4. The van der Waals surface area contributed by atoms with Crippen molar-refractivity contribution in [3.05, 3.63) is 24.4 Å². The Kier molecular flexibility index (Phi) is 3.39. The van der Waals surface area contributed by atoms with Gasteiger partial charge in [0, 0.05) is 26.3 Å². The zero-order chi connectivity index (χ0) is 11.4. The minimum absolute atomic E-state index is 0.509. The zero-order valence-electron chi connectivity index (χ0n) is 9.85. The lowest BCUT2D eigenvalue weighted by atomic mass is 10.0. The number of allylic oxidation sites excluding steroid dienone is 1. The van der Waals surface area contributed by atoms with Gasteiger partial charge in [0.25, 0.3) is 0 Å². The van der Waals surface area contributed by atoms with Crippen LogP contribution >= 0.6 is 0 Å². The summed E-state index contributed by atoms with van der Waals surface area (Å²) in [4.78, 5) is 10.5. The first-order chi connectivity index (χ1) is 7.75. The van der Waals surface area contributed by atoms with Crippen molar-refractivity contribution >= 4 is 11.8 Å². The summed E-state index contributed by atoms with van der Waals surface area (Å²) >= 11 is 0. The van der Waals surface area contributed by atoms with Crippen molar-refractivity contribution in [1.29, 1.82) is 0 Å². The SMILES string of the molecule is CN(C)c1nccc(NC2CC=CCC2)n1. The van der Waals surface area contributed by atoms with Crippen molar-refractivity contribution < 1.29 is 0 Å². The predicted molar refractivity (Wildman–Crippen MR) is 66.8 cm³/mol. The second kappa shape index (κ2) is 4.96. The fourth-order valence-corrected chi connectivity index (χ4v) is 1.78. The first-order valence-corrected chi connectivity index (χ1v) is 5.67. The van der Waals surface area contributed by atoms with Crippen LogP contribution < -0.4 is 10.2 Å². The van der Waals surface area contributed by atoms with Crippen molar-refractivity contribution in [1.82, 2.24) is 9.97 Å². The third-order valence-corrected chi connectivity index (χ3v) is 2.66. The van der Waals surface area contributed by atoms with Crippen LogP contribution in [0.25, 0.3) is 0 Å². The molecule has 0 aromatic carbocycles. The first kappa shape index (κ1) is 10.9. The lowest BCUT2D eigenvalue weighted by Crippen LogP contribution is -2.22. The van der Waals surface area contributed by atoms with Crippen LogP contribution in [-0.4, -0.2) is 30.1 Å². The highest BCUT2D eigenvalue weighted by Gasteiger charge is 2.10. The van der Waals surface area contributed by atoms with Crippen LogP contribution in [-0.2, 0) is 0 Å². The number of nitrogens with zero attached hydrogens (tertiary/aromatic N) is 3. The number of hydrogen-bond acceptors (Lipinski definition) is 4. The topological polar surface area (TPSA) is 41.1 Å². The van der Waals surface area contributed by atoms with Gasteiger partial charge in [0.1, 0.15) is 5.82 Å². The van der Waals surface area contributed by atoms with Crippen molar-refractivity contribution in [2.75, 3.05) is 24.3 Å².